The summed E-state index contributed by atoms with van der Waals surface area (Å²) in [7, 11) is 1.78. The smallest absolute Gasteiger partial charge is 0.254 e. The third kappa shape index (κ3) is 3.78. The predicted molar refractivity (Wildman–Crippen MR) is 86.8 cm³/mol. The third-order valence-electron chi connectivity index (χ3n) is 4.28. The van der Waals surface area contributed by atoms with Crippen LogP contribution in [0.5, 0.6) is 0 Å². The van der Waals surface area contributed by atoms with Gasteiger partial charge in [-0.05, 0) is 5.56 Å². The maximum Gasteiger partial charge on any atom is 0.254 e. The molecule has 0 aliphatic carbocycles. The first-order valence-electron chi connectivity index (χ1n) is 7.82. The number of aliphatic hydroxyl groups is 1. The van der Waals surface area contributed by atoms with Crippen molar-refractivity contribution in [1.82, 2.24) is 20.0 Å². The van der Waals surface area contributed by atoms with Crippen molar-refractivity contribution >= 4 is 5.91 Å². The minimum absolute atomic E-state index is 0.0450. The number of amides is 1. The predicted octanol–water partition coefficient (Wildman–Crippen LogP) is 0.643. The summed E-state index contributed by atoms with van der Waals surface area (Å²) in [6.45, 7) is 2.43. The molecule has 2 heterocycles. The zero-order valence-electron chi connectivity index (χ0n) is 13.2. The molecule has 2 N–H and O–H groups in total. The summed E-state index contributed by atoms with van der Waals surface area (Å²) in [5.74, 6) is -0.0811. The molecule has 1 aliphatic rings. The van der Waals surface area contributed by atoms with Crippen LogP contribution in [0.3, 0.4) is 0 Å². The number of aromatic nitrogens is 2. The first kappa shape index (κ1) is 15.7. The van der Waals surface area contributed by atoms with E-state index in [0.29, 0.717) is 5.56 Å². The molecule has 1 fully saturated rings. The highest BCUT2D eigenvalue weighted by Gasteiger charge is 2.33. The Morgan fingerprint density at radius 1 is 1.35 bits per heavy atom. The van der Waals surface area contributed by atoms with Crippen molar-refractivity contribution in [2.75, 3.05) is 19.7 Å². The standard InChI is InChI=1S/C17H22N4O2/c1-20-9-14(7-18-20)17(23)19-16-11-21(10-15(16)12-22)8-13-5-3-2-4-6-13/h2-7,9,15-16,22H,8,10-12H2,1H3,(H,19,23)/t15-,16+/m0/s1. The van der Waals surface area contributed by atoms with Crippen molar-refractivity contribution < 1.29 is 9.90 Å². The lowest BCUT2D eigenvalue weighted by Crippen LogP contribution is -2.41. The van der Waals surface area contributed by atoms with Gasteiger partial charge in [-0.25, -0.2) is 0 Å². The van der Waals surface area contributed by atoms with Gasteiger partial charge < -0.3 is 10.4 Å². The SMILES string of the molecule is Cn1cc(C(=O)N[C@@H]2CN(Cc3ccccc3)C[C@H]2CO)cn1. The molecule has 0 bridgehead atoms. The lowest BCUT2D eigenvalue weighted by Gasteiger charge is -2.17. The molecule has 0 saturated carbocycles. The van der Waals surface area contributed by atoms with Crippen molar-refractivity contribution in [1.29, 1.82) is 0 Å². The monoisotopic (exact) mass is 314 g/mol. The maximum absolute atomic E-state index is 12.3. The van der Waals surface area contributed by atoms with Crippen LogP contribution in [-0.2, 0) is 13.6 Å². The van der Waals surface area contributed by atoms with E-state index in [1.54, 1.807) is 24.1 Å². The van der Waals surface area contributed by atoms with Gasteiger partial charge in [0.1, 0.15) is 0 Å². The molecule has 6 nitrogen and oxygen atoms in total. The summed E-state index contributed by atoms with van der Waals surface area (Å²) in [4.78, 5) is 14.5. The van der Waals surface area contributed by atoms with E-state index in [1.165, 1.54) is 5.56 Å². The molecule has 0 spiro atoms. The Bertz CT molecular complexity index is 656. The fourth-order valence-corrected chi connectivity index (χ4v) is 3.07. The Labute approximate surface area is 135 Å². The summed E-state index contributed by atoms with van der Waals surface area (Å²) < 4.78 is 1.61. The van der Waals surface area contributed by atoms with Crippen LogP contribution < -0.4 is 5.32 Å². The van der Waals surface area contributed by atoms with Crippen LogP contribution in [0.4, 0.5) is 0 Å². The highest BCUT2D eigenvalue weighted by molar-refractivity contribution is 5.93. The Kier molecular flexibility index (Phi) is 4.73. The highest BCUT2D eigenvalue weighted by atomic mass is 16.3. The van der Waals surface area contributed by atoms with Crippen LogP contribution in [0, 0.1) is 5.92 Å². The number of likely N-dealkylation sites (tertiary alicyclic amines) is 1. The van der Waals surface area contributed by atoms with E-state index in [-0.39, 0.29) is 24.5 Å². The topological polar surface area (TPSA) is 70.4 Å². The zero-order chi connectivity index (χ0) is 16.2. The second kappa shape index (κ2) is 6.93. The minimum Gasteiger partial charge on any atom is -0.396 e. The summed E-state index contributed by atoms with van der Waals surface area (Å²) in [6.07, 6.45) is 3.25. The molecule has 122 valence electrons. The molecular formula is C17H22N4O2. The van der Waals surface area contributed by atoms with Gasteiger partial charge >= 0.3 is 0 Å². The molecule has 1 aliphatic heterocycles. The third-order valence-corrected chi connectivity index (χ3v) is 4.28. The lowest BCUT2D eigenvalue weighted by atomic mass is 10.1. The molecular weight excluding hydrogens is 292 g/mol. The van der Waals surface area contributed by atoms with E-state index in [9.17, 15) is 9.90 Å². The number of benzene rings is 1. The Morgan fingerprint density at radius 2 is 2.13 bits per heavy atom. The average molecular weight is 314 g/mol. The fourth-order valence-electron chi connectivity index (χ4n) is 3.07. The maximum atomic E-state index is 12.3. The van der Waals surface area contributed by atoms with Crippen LogP contribution in [0.25, 0.3) is 0 Å². The molecule has 2 atom stereocenters. The second-order valence-electron chi connectivity index (χ2n) is 6.10. The molecule has 23 heavy (non-hydrogen) atoms. The van der Waals surface area contributed by atoms with Crippen LogP contribution in [0.15, 0.2) is 42.7 Å². The van der Waals surface area contributed by atoms with Crippen molar-refractivity contribution in [3.05, 3.63) is 53.9 Å². The number of carbonyl (C=O) groups is 1. The Morgan fingerprint density at radius 3 is 2.78 bits per heavy atom. The molecule has 2 aromatic rings. The normalized spacial score (nSPS) is 21.5. The van der Waals surface area contributed by atoms with Gasteiger partial charge in [0.15, 0.2) is 0 Å². The number of nitrogens with one attached hydrogen (secondary N) is 1. The van der Waals surface area contributed by atoms with E-state index in [1.807, 2.05) is 18.2 Å². The second-order valence-corrected chi connectivity index (χ2v) is 6.10. The van der Waals surface area contributed by atoms with E-state index in [2.05, 4.69) is 27.4 Å². The van der Waals surface area contributed by atoms with Crippen molar-refractivity contribution in [2.24, 2.45) is 13.0 Å². The van der Waals surface area contributed by atoms with Crippen molar-refractivity contribution in [2.45, 2.75) is 12.6 Å². The molecule has 0 radical (unpaired) electrons. The Hall–Kier alpha value is -2.18. The first-order valence-corrected chi connectivity index (χ1v) is 7.82. The zero-order valence-corrected chi connectivity index (χ0v) is 13.2. The quantitative estimate of drug-likeness (QED) is 0.850. The molecule has 1 aromatic heterocycles. The number of aliphatic hydroxyl groups excluding tert-OH is 1. The first-order chi connectivity index (χ1) is 11.2. The van der Waals surface area contributed by atoms with E-state index >= 15 is 0 Å². The van der Waals surface area contributed by atoms with Crippen LogP contribution >= 0.6 is 0 Å². The molecule has 3 rings (SSSR count). The van der Waals surface area contributed by atoms with Crippen molar-refractivity contribution in [3.8, 4) is 0 Å². The summed E-state index contributed by atoms with van der Waals surface area (Å²) in [6, 6.07) is 10.2. The van der Waals surface area contributed by atoms with Gasteiger partial charge in [-0.1, -0.05) is 30.3 Å². The van der Waals surface area contributed by atoms with Gasteiger partial charge in [0.2, 0.25) is 0 Å². The van der Waals surface area contributed by atoms with Gasteiger partial charge in [0.25, 0.3) is 5.91 Å². The number of hydrogen-bond acceptors (Lipinski definition) is 4. The minimum atomic E-state index is -0.136. The fraction of sp³-hybridized carbons (Fsp3) is 0.412. The van der Waals surface area contributed by atoms with Crippen LogP contribution in [0.2, 0.25) is 0 Å². The molecule has 1 amide bonds. The number of rotatable bonds is 5. The van der Waals surface area contributed by atoms with Gasteiger partial charge in [0.05, 0.1) is 11.8 Å². The van der Waals surface area contributed by atoms with Gasteiger partial charge in [0, 0.05) is 51.4 Å². The largest absolute Gasteiger partial charge is 0.396 e. The Balaban J connectivity index is 1.61. The van der Waals surface area contributed by atoms with E-state index in [4.69, 9.17) is 0 Å². The van der Waals surface area contributed by atoms with Gasteiger partial charge in [-0.3, -0.25) is 14.4 Å². The molecule has 6 heteroatoms. The average Bonchev–Trinajstić information content (AvgIpc) is 3.14. The molecule has 1 aromatic carbocycles. The van der Waals surface area contributed by atoms with E-state index in [0.717, 1.165) is 19.6 Å². The van der Waals surface area contributed by atoms with Crippen LogP contribution in [-0.4, -0.2) is 51.4 Å². The van der Waals surface area contributed by atoms with Gasteiger partial charge in [-0.2, -0.15) is 5.10 Å². The summed E-state index contributed by atoms with van der Waals surface area (Å²) >= 11 is 0. The molecule has 0 unspecified atom stereocenters. The van der Waals surface area contributed by atoms with Gasteiger partial charge in [-0.15, -0.1) is 0 Å². The van der Waals surface area contributed by atoms with E-state index < -0.39 is 0 Å². The van der Waals surface area contributed by atoms with Crippen molar-refractivity contribution in [3.63, 3.8) is 0 Å². The highest BCUT2D eigenvalue weighted by Crippen LogP contribution is 2.19. The molecule has 1 saturated heterocycles. The number of nitrogens with zero attached hydrogens (tertiary/aromatic N) is 3. The number of hydrogen-bond donors (Lipinski definition) is 2. The summed E-state index contributed by atoms with van der Waals surface area (Å²) in [5.41, 5.74) is 1.79. The summed E-state index contributed by atoms with van der Waals surface area (Å²) in [5, 5.41) is 16.7. The number of carbonyl (C=O) groups excluding carboxylic acids is 1. The number of aryl methyl sites for hydroxylation is 1. The van der Waals surface area contributed by atoms with Crippen LogP contribution in [0.1, 0.15) is 15.9 Å². The lowest BCUT2D eigenvalue weighted by molar-refractivity contribution is 0.0921.